The number of hydrogen-bond acceptors (Lipinski definition) is 16. The fourth-order valence-corrected chi connectivity index (χ4v) is 8.97. The third-order valence-electron chi connectivity index (χ3n) is 9.75. The van der Waals surface area contributed by atoms with Gasteiger partial charge in [-0.05, 0) is 49.9 Å². The van der Waals surface area contributed by atoms with E-state index in [2.05, 4.69) is 30.9 Å². The van der Waals surface area contributed by atoms with Crippen molar-refractivity contribution in [2.24, 2.45) is 0 Å². The molecule has 0 aliphatic heterocycles. The summed E-state index contributed by atoms with van der Waals surface area (Å²) in [4.78, 5) is 146. The van der Waals surface area contributed by atoms with Crippen LogP contribution in [0.25, 0.3) is 22.5 Å². The van der Waals surface area contributed by atoms with E-state index in [9.17, 15) is 68.4 Å². The molecule has 4 aromatic rings. The first-order chi connectivity index (χ1) is 30.6. The topological polar surface area (TPSA) is 351 Å². The third-order valence-corrected chi connectivity index (χ3v) is 12.3. The summed E-state index contributed by atoms with van der Waals surface area (Å²) in [5, 5.41) is 38.2. The van der Waals surface area contributed by atoms with E-state index in [1.165, 1.54) is 0 Å². The number of unbranched alkanes of at least 4 members (excludes halogenated alkanes) is 6. The second-order valence-corrected chi connectivity index (χ2v) is 16.8. The van der Waals surface area contributed by atoms with Crippen molar-refractivity contribution in [1.82, 2.24) is 30.9 Å². The molecule has 0 saturated carbocycles. The number of carbonyl (C=O) groups excluding carboxylic acids is 6. The molecular formula is C40H36N6O16S2. The molecule has 22 nitrogen and oxygen atoms in total. The Balaban J connectivity index is 0.810. The number of Topliss-reactive ketones (excluding diaryl/α,β-unsaturated/α-hetero) is 4. The van der Waals surface area contributed by atoms with Crippen molar-refractivity contribution in [3.05, 3.63) is 80.7 Å². The summed E-state index contributed by atoms with van der Waals surface area (Å²) >= 11 is 0. The fraction of sp³-hybridized carbons (Fsp3) is 0.300. The lowest BCUT2D eigenvalue weighted by Crippen LogP contribution is -2.29. The van der Waals surface area contributed by atoms with E-state index in [0.717, 1.165) is 74.3 Å². The molecule has 0 fully saturated rings. The average Bonchev–Trinajstić information content (AvgIpc) is 3.93. The summed E-state index contributed by atoms with van der Waals surface area (Å²) in [6.45, 7) is 0.283. The smallest absolute Gasteiger partial charge is 0.352 e. The number of H-pyrrole nitrogens is 2. The Morgan fingerprint density at radius 2 is 0.891 bits per heavy atom. The van der Waals surface area contributed by atoms with Gasteiger partial charge in [-0.3, -0.25) is 38.4 Å². The van der Waals surface area contributed by atoms with E-state index in [4.69, 9.17) is 9.68 Å². The van der Waals surface area contributed by atoms with Crippen LogP contribution in [0.2, 0.25) is 0 Å². The van der Waals surface area contributed by atoms with Crippen molar-refractivity contribution in [3.8, 4) is 22.5 Å². The minimum absolute atomic E-state index is 0.142. The predicted molar refractivity (Wildman–Crippen MR) is 222 cm³/mol. The SMILES string of the molecule is O=C(NOCCCCCCSSCCCCCCONC(=O)c1cc(C(=O)O)c2c(n1)C(=O)C(=O)c1cc(C(=O)O)[nH]c1-2)c1cc(C(=O)O)c2c(n1)C(=O)C(=O)c1cc(C(=O)O)[nH]c1-2. The van der Waals surface area contributed by atoms with Crippen LogP contribution < -0.4 is 11.0 Å². The Morgan fingerprint density at radius 1 is 0.516 bits per heavy atom. The van der Waals surface area contributed by atoms with Gasteiger partial charge in [-0.2, -0.15) is 0 Å². The number of carbonyl (C=O) groups is 10. The highest BCUT2D eigenvalue weighted by atomic mass is 33.1. The minimum Gasteiger partial charge on any atom is -0.478 e. The lowest BCUT2D eigenvalue weighted by molar-refractivity contribution is 0.0291. The number of nitrogens with one attached hydrogen (secondary N) is 4. The van der Waals surface area contributed by atoms with Crippen LogP contribution in [0.15, 0.2) is 24.3 Å². The fourth-order valence-electron chi connectivity index (χ4n) is 6.68. The van der Waals surface area contributed by atoms with Gasteiger partial charge >= 0.3 is 23.9 Å². The number of hydrogen-bond donors (Lipinski definition) is 8. The van der Waals surface area contributed by atoms with Crippen molar-refractivity contribution in [1.29, 1.82) is 0 Å². The summed E-state index contributed by atoms with van der Waals surface area (Å²) in [5.74, 6) is -10.6. The monoisotopic (exact) mass is 920 g/mol. The van der Waals surface area contributed by atoms with Crippen LogP contribution in [0.5, 0.6) is 0 Å². The second kappa shape index (κ2) is 20.4. The number of rotatable bonds is 23. The normalized spacial score (nSPS) is 12.6. The summed E-state index contributed by atoms with van der Waals surface area (Å²) < 4.78 is 0. The maximum atomic E-state index is 12.8. The van der Waals surface area contributed by atoms with E-state index >= 15 is 0 Å². The van der Waals surface area contributed by atoms with E-state index in [1.54, 1.807) is 21.6 Å². The number of amides is 2. The number of hydroxylamine groups is 2. The molecule has 0 spiro atoms. The number of fused-ring (bicyclic) bond motifs is 6. The molecule has 2 aliphatic carbocycles. The van der Waals surface area contributed by atoms with Crippen LogP contribution in [0, 0.1) is 0 Å². The first kappa shape index (κ1) is 46.5. The highest BCUT2D eigenvalue weighted by molar-refractivity contribution is 8.76. The lowest BCUT2D eigenvalue weighted by atomic mass is 9.88. The zero-order chi connectivity index (χ0) is 46.2. The molecule has 64 heavy (non-hydrogen) atoms. The van der Waals surface area contributed by atoms with Gasteiger partial charge in [0.25, 0.3) is 23.4 Å². The molecule has 0 unspecified atom stereocenters. The molecule has 2 amide bonds. The number of ketones is 4. The highest BCUT2D eigenvalue weighted by Crippen LogP contribution is 2.37. The highest BCUT2D eigenvalue weighted by Gasteiger charge is 2.40. The zero-order valence-corrected chi connectivity index (χ0v) is 34.8. The third kappa shape index (κ3) is 10.1. The Bertz CT molecular complexity index is 2460. The van der Waals surface area contributed by atoms with Crippen molar-refractivity contribution < 1.29 is 78.0 Å². The van der Waals surface area contributed by atoms with Crippen LogP contribution in [0.3, 0.4) is 0 Å². The molecular weight excluding hydrogens is 885 g/mol. The van der Waals surface area contributed by atoms with Crippen molar-refractivity contribution in [2.75, 3.05) is 24.7 Å². The molecule has 6 rings (SSSR count). The van der Waals surface area contributed by atoms with E-state index in [1.807, 2.05) is 0 Å². The maximum absolute atomic E-state index is 12.8. The zero-order valence-electron chi connectivity index (χ0n) is 33.2. The van der Waals surface area contributed by atoms with Crippen LogP contribution in [0.1, 0.15) is 156 Å². The van der Waals surface area contributed by atoms with Crippen LogP contribution >= 0.6 is 21.6 Å². The standard InChI is InChI=1S/C40H36N6O16S2/c47-31-19-15-23(39(57)58)43-27(19)25-17(37(53)54)13-21(41-29(25)33(31)49)35(51)45-61-9-5-1-3-7-11-63-64-12-8-4-2-6-10-62-46-36(52)22-14-18(38(55)56)26-28-20(16-24(44-28)40(59)60)32(48)34(50)30(26)42-22/h13-16,43-44H,1-12H2,(H,45,51)(H,46,52)(H,53,54)(H,55,56)(H,57,58)(H,59,60). The van der Waals surface area contributed by atoms with Gasteiger partial charge in [0.2, 0.25) is 11.6 Å². The number of aromatic amines is 2. The molecule has 0 saturated heterocycles. The molecule has 0 atom stereocenters. The van der Waals surface area contributed by atoms with Crippen molar-refractivity contribution in [3.63, 3.8) is 0 Å². The van der Waals surface area contributed by atoms with Crippen LogP contribution in [-0.4, -0.2) is 124 Å². The number of aromatic nitrogens is 4. The quantitative estimate of drug-likeness (QED) is 0.0219. The molecule has 24 heteroatoms. The average molecular weight is 921 g/mol. The summed E-state index contributed by atoms with van der Waals surface area (Å²) in [6.07, 6.45) is 6.51. The largest absolute Gasteiger partial charge is 0.478 e. The molecule has 0 aromatic carbocycles. The van der Waals surface area contributed by atoms with Crippen molar-refractivity contribution in [2.45, 2.75) is 51.4 Å². The molecule has 334 valence electrons. The minimum atomic E-state index is -1.54. The summed E-state index contributed by atoms with van der Waals surface area (Å²) in [5.41, 5.74) is -1.40. The number of pyridine rings is 2. The predicted octanol–water partition coefficient (Wildman–Crippen LogP) is 4.54. The van der Waals surface area contributed by atoms with Gasteiger partial charge in [-0.1, -0.05) is 47.3 Å². The van der Waals surface area contributed by atoms with Gasteiger partial charge in [0.05, 0.1) is 46.9 Å². The van der Waals surface area contributed by atoms with E-state index in [0.29, 0.717) is 12.8 Å². The Kier molecular flexibility index (Phi) is 14.8. The van der Waals surface area contributed by atoms with E-state index < -0.39 is 104 Å². The number of carboxylic acids is 4. The molecule has 4 aromatic heterocycles. The molecule has 4 heterocycles. The Morgan fingerprint density at radius 3 is 1.25 bits per heavy atom. The van der Waals surface area contributed by atoms with Gasteiger partial charge < -0.3 is 30.4 Å². The van der Waals surface area contributed by atoms with Crippen LogP contribution in [-0.2, 0) is 9.68 Å². The van der Waals surface area contributed by atoms with Crippen molar-refractivity contribution >= 4 is 80.4 Å². The summed E-state index contributed by atoms with van der Waals surface area (Å²) in [6, 6.07) is 3.69. The Hall–Kier alpha value is -7.02. The number of carboxylic acid groups (broad SMARTS) is 4. The van der Waals surface area contributed by atoms with Gasteiger partial charge in [0, 0.05) is 22.6 Å². The first-order valence-corrected chi connectivity index (χ1v) is 21.9. The van der Waals surface area contributed by atoms with Gasteiger partial charge in [-0.15, -0.1) is 0 Å². The number of nitrogens with zero attached hydrogens (tertiary/aromatic N) is 2. The van der Waals surface area contributed by atoms with Crippen LogP contribution in [0.4, 0.5) is 0 Å². The molecule has 0 bridgehead atoms. The molecule has 8 N–H and O–H groups in total. The molecule has 2 aliphatic rings. The Labute approximate surface area is 367 Å². The second-order valence-electron chi connectivity index (χ2n) is 14.1. The van der Waals surface area contributed by atoms with Gasteiger partial charge in [-0.25, -0.2) is 40.1 Å². The van der Waals surface area contributed by atoms with Gasteiger partial charge in [0.1, 0.15) is 34.2 Å². The lowest BCUT2D eigenvalue weighted by Gasteiger charge is -2.17. The van der Waals surface area contributed by atoms with E-state index in [-0.39, 0.29) is 46.9 Å². The maximum Gasteiger partial charge on any atom is 0.352 e. The summed E-state index contributed by atoms with van der Waals surface area (Å²) in [7, 11) is 3.49. The first-order valence-electron chi connectivity index (χ1n) is 19.4. The number of aromatic carboxylic acids is 4. The molecule has 0 radical (unpaired) electrons. The van der Waals surface area contributed by atoms with Gasteiger partial charge in [0.15, 0.2) is 0 Å².